The highest BCUT2D eigenvalue weighted by Crippen LogP contribution is 2.58. The van der Waals surface area contributed by atoms with Crippen molar-refractivity contribution in [2.45, 2.75) is 56.9 Å². The normalized spacial score (nSPS) is 48.4. The highest BCUT2D eigenvalue weighted by molar-refractivity contribution is 6.21. The Balaban J connectivity index is 1.81. The molecular weight excluding hydrogens is 218 g/mol. The lowest BCUT2D eigenvalue weighted by atomic mass is 9.50. The van der Waals surface area contributed by atoms with E-state index in [1.54, 1.807) is 0 Å². The molecule has 92 valence electrons. The highest BCUT2D eigenvalue weighted by Gasteiger charge is 2.52. The third kappa shape index (κ3) is 1.71. The zero-order valence-corrected chi connectivity index (χ0v) is 11.2. The fourth-order valence-electron chi connectivity index (χ4n) is 4.94. The average molecular weight is 242 g/mol. The Labute approximate surface area is 104 Å². The summed E-state index contributed by atoms with van der Waals surface area (Å²) in [5, 5.41) is 0.169. The summed E-state index contributed by atoms with van der Waals surface area (Å²) in [5.74, 6) is 4.55. The van der Waals surface area contributed by atoms with Gasteiger partial charge in [-0.15, -0.1) is 11.6 Å². The summed E-state index contributed by atoms with van der Waals surface area (Å²) in [7, 11) is 0. The van der Waals surface area contributed by atoms with Gasteiger partial charge in [0, 0.05) is 5.54 Å². The SMILES string of the molecule is CC(C)(N)C(Cl)C1C2CC3CC(C2)CC1C3. The first-order valence-corrected chi connectivity index (χ1v) is 7.31. The summed E-state index contributed by atoms with van der Waals surface area (Å²) < 4.78 is 0. The quantitative estimate of drug-likeness (QED) is 0.737. The Kier molecular flexibility index (Phi) is 2.57. The second-order valence-corrected chi connectivity index (χ2v) is 7.70. The fourth-order valence-corrected chi connectivity index (χ4v) is 5.35. The van der Waals surface area contributed by atoms with Gasteiger partial charge in [0.1, 0.15) is 0 Å². The Bertz CT molecular complexity index is 253. The van der Waals surface area contributed by atoms with Crippen LogP contribution in [0.5, 0.6) is 0 Å². The van der Waals surface area contributed by atoms with Crippen molar-refractivity contribution in [2.75, 3.05) is 0 Å². The van der Waals surface area contributed by atoms with E-state index in [4.69, 9.17) is 17.3 Å². The Morgan fingerprint density at radius 1 is 1.00 bits per heavy atom. The lowest BCUT2D eigenvalue weighted by Crippen LogP contribution is -2.55. The lowest BCUT2D eigenvalue weighted by Gasteiger charge is -2.57. The molecule has 4 fully saturated rings. The second kappa shape index (κ2) is 3.62. The van der Waals surface area contributed by atoms with Gasteiger partial charge in [0.2, 0.25) is 0 Å². The zero-order valence-electron chi connectivity index (χ0n) is 10.5. The number of hydrogen-bond acceptors (Lipinski definition) is 1. The van der Waals surface area contributed by atoms with Crippen molar-refractivity contribution in [3.63, 3.8) is 0 Å². The van der Waals surface area contributed by atoms with E-state index in [0.717, 1.165) is 23.7 Å². The van der Waals surface area contributed by atoms with E-state index in [1.807, 2.05) is 0 Å². The molecule has 0 aromatic heterocycles. The first-order chi connectivity index (χ1) is 7.45. The molecule has 4 aliphatic carbocycles. The van der Waals surface area contributed by atoms with Gasteiger partial charge in [-0.1, -0.05) is 0 Å². The van der Waals surface area contributed by atoms with E-state index in [1.165, 1.54) is 32.1 Å². The molecule has 4 aliphatic rings. The molecule has 0 aromatic rings. The molecule has 2 heteroatoms. The molecule has 1 atom stereocenters. The molecule has 0 amide bonds. The van der Waals surface area contributed by atoms with Crippen LogP contribution in [0.15, 0.2) is 0 Å². The summed E-state index contributed by atoms with van der Waals surface area (Å²) in [5.41, 5.74) is 6.01. The number of halogens is 1. The minimum Gasteiger partial charge on any atom is -0.324 e. The van der Waals surface area contributed by atoms with Gasteiger partial charge in [-0.3, -0.25) is 0 Å². The first-order valence-electron chi connectivity index (χ1n) is 6.88. The van der Waals surface area contributed by atoms with Crippen LogP contribution >= 0.6 is 11.6 Å². The summed E-state index contributed by atoms with van der Waals surface area (Å²) in [6.45, 7) is 4.19. The van der Waals surface area contributed by atoms with Crippen molar-refractivity contribution in [3.8, 4) is 0 Å². The van der Waals surface area contributed by atoms with Crippen LogP contribution in [0.4, 0.5) is 0 Å². The Morgan fingerprint density at radius 3 is 1.81 bits per heavy atom. The van der Waals surface area contributed by atoms with Gasteiger partial charge in [0.15, 0.2) is 0 Å². The third-order valence-corrected chi connectivity index (χ3v) is 6.20. The predicted molar refractivity (Wildman–Crippen MR) is 68.4 cm³/mol. The monoisotopic (exact) mass is 241 g/mol. The summed E-state index contributed by atoms with van der Waals surface area (Å²) in [6.07, 6.45) is 7.28. The Morgan fingerprint density at radius 2 is 1.44 bits per heavy atom. The maximum absolute atomic E-state index is 6.68. The molecule has 0 aliphatic heterocycles. The molecular formula is C14H24ClN. The fraction of sp³-hybridized carbons (Fsp3) is 1.00. The summed E-state index contributed by atoms with van der Waals surface area (Å²) in [6, 6.07) is 0. The molecule has 16 heavy (non-hydrogen) atoms. The molecule has 0 heterocycles. The molecule has 0 radical (unpaired) electrons. The smallest absolute Gasteiger partial charge is 0.0543 e. The zero-order chi connectivity index (χ0) is 11.5. The van der Waals surface area contributed by atoms with E-state index in [-0.39, 0.29) is 10.9 Å². The largest absolute Gasteiger partial charge is 0.324 e. The third-order valence-electron chi connectivity index (χ3n) is 5.35. The minimum absolute atomic E-state index is 0.169. The van der Waals surface area contributed by atoms with Crippen LogP contribution in [0.1, 0.15) is 46.0 Å². The van der Waals surface area contributed by atoms with Gasteiger partial charge in [0.25, 0.3) is 0 Å². The Hall–Kier alpha value is 0.250. The predicted octanol–water partition coefficient (Wildman–Crippen LogP) is 3.40. The lowest BCUT2D eigenvalue weighted by molar-refractivity contribution is -0.0438. The van der Waals surface area contributed by atoms with E-state index >= 15 is 0 Å². The van der Waals surface area contributed by atoms with Crippen LogP contribution in [0.25, 0.3) is 0 Å². The maximum Gasteiger partial charge on any atom is 0.0543 e. The van der Waals surface area contributed by atoms with Crippen molar-refractivity contribution < 1.29 is 0 Å². The van der Waals surface area contributed by atoms with Gasteiger partial charge in [-0.05, 0) is 75.5 Å². The van der Waals surface area contributed by atoms with Crippen molar-refractivity contribution in [2.24, 2.45) is 35.3 Å². The maximum atomic E-state index is 6.68. The molecule has 0 aromatic carbocycles. The van der Waals surface area contributed by atoms with Crippen LogP contribution in [0.3, 0.4) is 0 Å². The van der Waals surface area contributed by atoms with Gasteiger partial charge in [0.05, 0.1) is 5.38 Å². The molecule has 1 nitrogen and oxygen atoms in total. The standard InChI is InChI=1S/C14H24ClN/c1-14(2,16)13(15)12-10-4-8-3-9(6-10)7-11(12)5-8/h8-13H,3-7,16H2,1-2H3. The van der Waals surface area contributed by atoms with Gasteiger partial charge < -0.3 is 5.73 Å². The molecule has 1 unspecified atom stereocenters. The van der Waals surface area contributed by atoms with Crippen LogP contribution in [0, 0.1) is 29.6 Å². The van der Waals surface area contributed by atoms with Crippen LogP contribution in [-0.4, -0.2) is 10.9 Å². The summed E-state index contributed by atoms with van der Waals surface area (Å²) in [4.78, 5) is 0. The van der Waals surface area contributed by atoms with Crippen molar-refractivity contribution >= 4 is 11.6 Å². The number of rotatable bonds is 2. The van der Waals surface area contributed by atoms with Gasteiger partial charge in [-0.2, -0.15) is 0 Å². The van der Waals surface area contributed by atoms with Crippen molar-refractivity contribution in [1.82, 2.24) is 0 Å². The van der Waals surface area contributed by atoms with Crippen LogP contribution < -0.4 is 5.73 Å². The summed E-state index contributed by atoms with van der Waals surface area (Å²) >= 11 is 6.68. The van der Waals surface area contributed by atoms with E-state index in [0.29, 0.717) is 5.92 Å². The number of hydrogen-bond donors (Lipinski definition) is 1. The first kappa shape index (κ1) is 11.3. The molecule has 0 spiro atoms. The minimum atomic E-state index is -0.221. The van der Waals surface area contributed by atoms with Crippen LogP contribution in [-0.2, 0) is 0 Å². The number of nitrogens with two attached hydrogens (primary N) is 1. The molecule has 0 saturated heterocycles. The topological polar surface area (TPSA) is 26.0 Å². The average Bonchev–Trinajstić information content (AvgIpc) is 2.13. The highest BCUT2D eigenvalue weighted by atomic mass is 35.5. The molecule has 4 saturated carbocycles. The van der Waals surface area contributed by atoms with Gasteiger partial charge in [-0.25, -0.2) is 0 Å². The second-order valence-electron chi connectivity index (χ2n) is 7.23. The van der Waals surface area contributed by atoms with Crippen molar-refractivity contribution in [3.05, 3.63) is 0 Å². The van der Waals surface area contributed by atoms with Gasteiger partial charge >= 0.3 is 0 Å². The van der Waals surface area contributed by atoms with Crippen molar-refractivity contribution in [1.29, 1.82) is 0 Å². The van der Waals surface area contributed by atoms with E-state index in [2.05, 4.69) is 13.8 Å². The number of alkyl halides is 1. The van der Waals surface area contributed by atoms with E-state index in [9.17, 15) is 0 Å². The molecule has 4 bridgehead atoms. The van der Waals surface area contributed by atoms with Crippen LogP contribution in [0.2, 0.25) is 0 Å². The molecule has 4 rings (SSSR count). The molecule has 2 N–H and O–H groups in total. The van der Waals surface area contributed by atoms with E-state index < -0.39 is 0 Å².